The van der Waals surface area contributed by atoms with Crippen LogP contribution in [0.15, 0.2) is 129 Å². The molecule has 5 aromatic rings. The summed E-state index contributed by atoms with van der Waals surface area (Å²) in [5.41, 5.74) is 2.09. The minimum atomic E-state index is -5.02. The van der Waals surface area contributed by atoms with Crippen LogP contribution in [0.5, 0.6) is 34.5 Å². The van der Waals surface area contributed by atoms with Gasteiger partial charge in [-0.2, -0.15) is 16.8 Å². The van der Waals surface area contributed by atoms with E-state index in [0.29, 0.717) is 31.1 Å². The Labute approximate surface area is 309 Å². The maximum Gasteiger partial charge on any atom is 0.298 e. The zero-order valence-electron chi connectivity index (χ0n) is 28.8. The van der Waals surface area contributed by atoms with Crippen LogP contribution < -0.4 is 18.9 Å². The Kier molecular flexibility index (Phi) is 12.5. The summed E-state index contributed by atoms with van der Waals surface area (Å²) in [5, 5.41) is 0. The van der Waals surface area contributed by atoms with Crippen molar-refractivity contribution in [1.82, 2.24) is 0 Å². The number of ether oxygens (including phenoxy) is 4. The predicted molar refractivity (Wildman–Crippen MR) is 196 cm³/mol. The van der Waals surface area contributed by atoms with Crippen LogP contribution in [0.3, 0.4) is 0 Å². The van der Waals surface area contributed by atoms with E-state index in [0.717, 1.165) is 61.3 Å². The molecule has 2 N–H and O–H groups in total. The zero-order chi connectivity index (χ0) is 38.2. The van der Waals surface area contributed by atoms with Gasteiger partial charge < -0.3 is 18.9 Å². The fourth-order valence-electron chi connectivity index (χ4n) is 5.06. The molecule has 0 atom stereocenters. The summed E-state index contributed by atoms with van der Waals surface area (Å²) in [6.07, 6.45) is 3.70. The largest absolute Gasteiger partial charge is 0.494 e. The monoisotopic (exact) mass is 782 g/mol. The Morgan fingerprint density at radius 1 is 0.453 bits per heavy atom. The highest BCUT2D eigenvalue weighted by molar-refractivity contribution is 7.91. The van der Waals surface area contributed by atoms with E-state index in [4.69, 9.17) is 18.9 Å². The van der Waals surface area contributed by atoms with Gasteiger partial charge in [-0.3, -0.25) is 9.11 Å². The van der Waals surface area contributed by atoms with Gasteiger partial charge in [0.1, 0.15) is 44.3 Å². The summed E-state index contributed by atoms with van der Waals surface area (Å²) in [6, 6.07) is 26.3. The van der Waals surface area contributed by atoms with Crippen molar-refractivity contribution in [3.8, 4) is 34.5 Å². The molecular formula is C38H38O12S3. The van der Waals surface area contributed by atoms with Crippen molar-refractivity contribution in [3.05, 3.63) is 120 Å². The SMILES string of the molecule is Cc1ccc(OCCCCCCOc2ccc(Oc3ccc(S(=O)(=O)c4ccc(Oc5ccc(C)cc5)c(S(=O)(=O)O)c4)cc3S(=O)(=O)O)cc2)cc1. The third kappa shape index (κ3) is 10.8. The topological polar surface area (TPSA) is 180 Å². The molecule has 0 radical (unpaired) electrons. The van der Waals surface area contributed by atoms with Crippen molar-refractivity contribution in [1.29, 1.82) is 0 Å². The van der Waals surface area contributed by atoms with E-state index >= 15 is 0 Å². The second-order valence-electron chi connectivity index (χ2n) is 12.1. The molecule has 280 valence electrons. The molecule has 12 nitrogen and oxygen atoms in total. The molecule has 0 unspecified atom stereocenters. The van der Waals surface area contributed by atoms with Gasteiger partial charge in [-0.15, -0.1) is 0 Å². The Bertz CT molecular complexity index is 2360. The van der Waals surface area contributed by atoms with Crippen LogP contribution in [0, 0.1) is 13.8 Å². The summed E-state index contributed by atoms with van der Waals surface area (Å²) < 4.78 is 119. The number of unbranched alkanes of at least 4 members (excludes halogenated alkanes) is 3. The normalized spacial score (nSPS) is 11.9. The van der Waals surface area contributed by atoms with Gasteiger partial charge in [0, 0.05) is 0 Å². The lowest BCUT2D eigenvalue weighted by atomic mass is 10.2. The summed E-state index contributed by atoms with van der Waals surface area (Å²) in [7, 11) is -14.6. The number of hydrogen-bond donors (Lipinski definition) is 2. The summed E-state index contributed by atoms with van der Waals surface area (Å²) in [5.74, 6) is 1.10. The summed E-state index contributed by atoms with van der Waals surface area (Å²) in [4.78, 5) is -2.88. The molecule has 15 heteroatoms. The minimum Gasteiger partial charge on any atom is -0.494 e. The molecule has 0 aliphatic rings. The maximum absolute atomic E-state index is 13.6. The van der Waals surface area contributed by atoms with Crippen molar-refractivity contribution >= 4 is 30.1 Å². The number of aryl methyl sites for hydroxylation is 2. The van der Waals surface area contributed by atoms with Gasteiger partial charge in [0.05, 0.1) is 23.0 Å². The van der Waals surface area contributed by atoms with Gasteiger partial charge in [0.2, 0.25) is 9.84 Å². The molecule has 0 amide bonds. The zero-order valence-corrected chi connectivity index (χ0v) is 31.3. The van der Waals surface area contributed by atoms with Crippen LogP contribution in [-0.4, -0.2) is 47.6 Å². The van der Waals surface area contributed by atoms with Crippen molar-refractivity contribution < 1.29 is 53.3 Å². The standard InChI is InChI=1S/C38H38O12S3/c1-27-7-11-29(12-8-27)47-23-5-3-4-6-24-48-30-15-17-32(18-16-30)50-36-22-20-34(26-38(36)53(44,45)46)51(39,40)33-19-21-35(37(25-33)52(41,42)43)49-31-13-9-28(2)10-14-31/h7-22,25-26H,3-6,23-24H2,1-2H3,(H,41,42,43)(H,44,45,46). The van der Waals surface area contributed by atoms with E-state index in [1.54, 1.807) is 36.4 Å². The Morgan fingerprint density at radius 3 is 1.17 bits per heavy atom. The average Bonchev–Trinajstić information content (AvgIpc) is 3.11. The van der Waals surface area contributed by atoms with E-state index in [1.807, 2.05) is 38.1 Å². The van der Waals surface area contributed by atoms with Crippen molar-refractivity contribution in [2.75, 3.05) is 13.2 Å². The van der Waals surface area contributed by atoms with E-state index in [-0.39, 0.29) is 23.0 Å². The summed E-state index contributed by atoms with van der Waals surface area (Å²) >= 11 is 0. The molecule has 0 bridgehead atoms. The predicted octanol–water partition coefficient (Wildman–Crippen LogP) is 8.23. The molecule has 5 rings (SSSR count). The van der Waals surface area contributed by atoms with Crippen LogP contribution >= 0.6 is 0 Å². The molecule has 0 aliphatic carbocycles. The first-order chi connectivity index (χ1) is 25.1. The summed E-state index contributed by atoms with van der Waals surface area (Å²) in [6.45, 7) is 4.98. The third-order valence-corrected chi connectivity index (χ3v) is 11.4. The van der Waals surface area contributed by atoms with Gasteiger partial charge in [-0.25, -0.2) is 8.42 Å². The fraction of sp³-hybridized carbons (Fsp3) is 0.211. The first-order valence-electron chi connectivity index (χ1n) is 16.4. The number of sulfone groups is 1. The average molecular weight is 783 g/mol. The Morgan fingerprint density at radius 2 is 0.792 bits per heavy atom. The molecule has 0 aromatic heterocycles. The highest BCUT2D eigenvalue weighted by Crippen LogP contribution is 2.36. The van der Waals surface area contributed by atoms with Crippen LogP contribution in [0.25, 0.3) is 0 Å². The van der Waals surface area contributed by atoms with E-state index in [1.165, 1.54) is 17.7 Å². The van der Waals surface area contributed by atoms with Crippen LogP contribution in [0.2, 0.25) is 0 Å². The lowest BCUT2D eigenvalue weighted by Crippen LogP contribution is -2.08. The molecule has 0 aliphatic heterocycles. The maximum atomic E-state index is 13.6. The van der Waals surface area contributed by atoms with Crippen molar-refractivity contribution in [3.63, 3.8) is 0 Å². The molecule has 0 fully saturated rings. The fourth-order valence-corrected chi connectivity index (χ4v) is 7.80. The van der Waals surface area contributed by atoms with E-state index < -0.39 is 49.7 Å². The van der Waals surface area contributed by atoms with Gasteiger partial charge in [0.15, 0.2) is 0 Å². The molecule has 53 heavy (non-hydrogen) atoms. The minimum absolute atomic E-state index is 0.174. The molecule has 0 saturated carbocycles. The smallest absolute Gasteiger partial charge is 0.298 e. The highest BCUT2D eigenvalue weighted by atomic mass is 32.2. The highest BCUT2D eigenvalue weighted by Gasteiger charge is 2.27. The van der Waals surface area contributed by atoms with Gasteiger partial charge in [-0.05, 0) is 124 Å². The van der Waals surface area contributed by atoms with E-state index in [2.05, 4.69) is 0 Å². The number of hydrogen-bond acceptors (Lipinski definition) is 10. The molecule has 0 heterocycles. The first kappa shape index (κ1) is 39.3. The first-order valence-corrected chi connectivity index (χ1v) is 20.8. The lowest BCUT2D eigenvalue weighted by Gasteiger charge is -2.14. The quantitative estimate of drug-likeness (QED) is 0.0683. The Hall–Kier alpha value is -4.93. The molecule has 5 aromatic carbocycles. The molecule has 0 saturated heterocycles. The van der Waals surface area contributed by atoms with Gasteiger partial charge in [0.25, 0.3) is 20.2 Å². The van der Waals surface area contributed by atoms with Crippen molar-refractivity contribution in [2.24, 2.45) is 0 Å². The Balaban J connectivity index is 1.22. The van der Waals surface area contributed by atoms with Gasteiger partial charge in [-0.1, -0.05) is 35.4 Å². The van der Waals surface area contributed by atoms with Crippen LogP contribution in [-0.2, 0) is 30.1 Å². The second-order valence-corrected chi connectivity index (χ2v) is 16.8. The second kappa shape index (κ2) is 16.8. The van der Waals surface area contributed by atoms with Crippen molar-refractivity contribution in [2.45, 2.75) is 59.1 Å². The molecular weight excluding hydrogens is 745 g/mol. The third-order valence-electron chi connectivity index (χ3n) is 7.90. The number of benzene rings is 5. The van der Waals surface area contributed by atoms with Crippen LogP contribution in [0.4, 0.5) is 0 Å². The van der Waals surface area contributed by atoms with E-state index in [9.17, 15) is 34.4 Å². The van der Waals surface area contributed by atoms with Crippen LogP contribution in [0.1, 0.15) is 36.8 Å². The lowest BCUT2D eigenvalue weighted by molar-refractivity contribution is 0.287. The number of rotatable bonds is 17. The van der Waals surface area contributed by atoms with Gasteiger partial charge >= 0.3 is 0 Å². The molecule has 0 spiro atoms.